The summed E-state index contributed by atoms with van der Waals surface area (Å²) in [6.45, 7) is 0. The van der Waals surface area contributed by atoms with Crippen molar-refractivity contribution in [2.45, 2.75) is 17.4 Å². The van der Waals surface area contributed by atoms with Crippen molar-refractivity contribution in [3.63, 3.8) is 0 Å². The number of ketones is 1. The van der Waals surface area contributed by atoms with Gasteiger partial charge < -0.3 is 0 Å². The first-order valence-electron chi connectivity index (χ1n) is 4.18. The predicted molar refractivity (Wildman–Crippen MR) is 53.8 cm³/mol. The van der Waals surface area contributed by atoms with E-state index in [-0.39, 0.29) is 0 Å². The molecule has 1 atom stereocenters. The summed E-state index contributed by atoms with van der Waals surface area (Å²) in [5.41, 5.74) is 0.534. The van der Waals surface area contributed by atoms with Gasteiger partial charge >= 0.3 is 6.18 Å². The number of carbonyl (C=O) groups is 1. The zero-order valence-electron chi connectivity index (χ0n) is 7.59. The molecule has 0 aliphatic heterocycles. The highest BCUT2D eigenvalue weighted by Crippen LogP contribution is 2.29. The maximum Gasteiger partial charge on any atom is 0.395 e. The fourth-order valence-electron chi connectivity index (χ4n) is 1.10. The molecule has 0 N–H and O–H groups in total. The summed E-state index contributed by atoms with van der Waals surface area (Å²) < 4.78 is 35.8. The fraction of sp³-hybridized carbons (Fsp3) is 0.300. The lowest BCUT2D eigenvalue weighted by atomic mass is 10.1. The Labute approximate surface area is 93.4 Å². The maximum absolute atomic E-state index is 11.9. The molecule has 1 rings (SSSR count). The Morgan fingerprint density at radius 2 is 1.80 bits per heavy atom. The first-order valence-corrected chi connectivity index (χ1v) is 5.10. The van der Waals surface area contributed by atoms with Crippen LogP contribution >= 0.6 is 15.9 Å². The molecule has 1 aromatic rings. The number of halogens is 4. The number of hydrogen-bond acceptors (Lipinski definition) is 1. The van der Waals surface area contributed by atoms with Crippen LogP contribution < -0.4 is 0 Å². The van der Waals surface area contributed by atoms with Crippen molar-refractivity contribution in [3.05, 3.63) is 35.9 Å². The first-order chi connectivity index (χ1) is 6.90. The van der Waals surface area contributed by atoms with Gasteiger partial charge in [0, 0.05) is 0 Å². The van der Waals surface area contributed by atoms with E-state index >= 15 is 0 Å². The highest BCUT2D eigenvalue weighted by Gasteiger charge is 2.33. The van der Waals surface area contributed by atoms with Gasteiger partial charge in [-0.25, -0.2) is 0 Å². The highest BCUT2D eigenvalue weighted by molar-refractivity contribution is 9.09. The van der Waals surface area contributed by atoms with Crippen molar-refractivity contribution in [2.75, 3.05) is 0 Å². The number of alkyl halides is 4. The summed E-state index contributed by atoms with van der Waals surface area (Å²) in [5, 5.41) is 0. The van der Waals surface area contributed by atoms with Crippen molar-refractivity contribution in [1.29, 1.82) is 0 Å². The number of benzene rings is 1. The molecular formula is C10H8BrF3O. The fourth-order valence-corrected chi connectivity index (χ4v) is 1.56. The third-order valence-electron chi connectivity index (χ3n) is 1.75. The van der Waals surface area contributed by atoms with Gasteiger partial charge in [-0.2, -0.15) is 13.2 Å². The summed E-state index contributed by atoms with van der Waals surface area (Å²) >= 11 is 2.95. The lowest BCUT2D eigenvalue weighted by Gasteiger charge is -2.10. The molecule has 15 heavy (non-hydrogen) atoms. The Morgan fingerprint density at radius 1 is 1.27 bits per heavy atom. The molecule has 82 valence electrons. The van der Waals surface area contributed by atoms with Crippen molar-refractivity contribution in [2.24, 2.45) is 0 Å². The van der Waals surface area contributed by atoms with Gasteiger partial charge in [0.2, 0.25) is 0 Å². The first kappa shape index (κ1) is 12.2. The Morgan fingerprint density at radius 3 is 2.27 bits per heavy atom. The van der Waals surface area contributed by atoms with Crippen LogP contribution in [-0.2, 0) is 4.79 Å². The monoisotopic (exact) mass is 280 g/mol. The van der Waals surface area contributed by atoms with Crippen LogP contribution in [0.3, 0.4) is 0 Å². The lowest BCUT2D eigenvalue weighted by Crippen LogP contribution is -2.18. The van der Waals surface area contributed by atoms with Crippen molar-refractivity contribution < 1.29 is 18.0 Å². The zero-order valence-corrected chi connectivity index (χ0v) is 9.18. The molecule has 0 aromatic heterocycles. The predicted octanol–water partition coefficient (Wildman–Crippen LogP) is 3.64. The molecule has 1 aromatic carbocycles. The molecule has 0 aliphatic rings. The summed E-state index contributed by atoms with van der Waals surface area (Å²) in [5.74, 6) is -0.881. The average molecular weight is 281 g/mol. The number of carbonyl (C=O) groups excluding carboxylic acids is 1. The molecule has 0 saturated heterocycles. The second-order valence-electron chi connectivity index (χ2n) is 3.03. The van der Waals surface area contributed by atoms with Gasteiger partial charge in [0.25, 0.3) is 0 Å². The maximum atomic E-state index is 11.9. The summed E-state index contributed by atoms with van der Waals surface area (Å²) in [4.78, 5) is 10.3. The molecule has 0 heterocycles. The second kappa shape index (κ2) is 4.79. The van der Waals surface area contributed by atoms with E-state index in [1.54, 1.807) is 30.3 Å². The Bertz CT molecular complexity index is 334. The topological polar surface area (TPSA) is 17.1 Å². The third kappa shape index (κ3) is 4.03. The number of Topliss-reactive ketones (excluding diaryl/α,β-unsaturated/α-hetero) is 1. The normalized spacial score (nSPS) is 13.6. The molecule has 1 nitrogen and oxygen atoms in total. The quantitative estimate of drug-likeness (QED) is 0.773. The van der Waals surface area contributed by atoms with E-state index in [9.17, 15) is 18.0 Å². The molecule has 0 bridgehead atoms. The molecular weight excluding hydrogens is 273 g/mol. The zero-order chi connectivity index (χ0) is 11.5. The van der Waals surface area contributed by atoms with E-state index in [0.29, 0.717) is 5.56 Å². The summed E-state index contributed by atoms with van der Waals surface area (Å²) in [7, 11) is 0. The van der Waals surface area contributed by atoms with Crippen LogP contribution in [0.2, 0.25) is 0 Å². The van der Waals surface area contributed by atoms with Gasteiger partial charge in [-0.3, -0.25) is 4.79 Å². The summed E-state index contributed by atoms with van der Waals surface area (Å²) in [6, 6.07) is 8.29. The van der Waals surface area contributed by atoms with Gasteiger partial charge in [-0.15, -0.1) is 0 Å². The van der Waals surface area contributed by atoms with Crippen LogP contribution in [0.25, 0.3) is 0 Å². The Kier molecular flexibility index (Phi) is 3.90. The van der Waals surface area contributed by atoms with E-state index in [1.807, 2.05) is 0 Å². The molecule has 5 heteroatoms. The molecule has 0 spiro atoms. The van der Waals surface area contributed by atoms with Crippen molar-refractivity contribution in [1.82, 2.24) is 0 Å². The van der Waals surface area contributed by atoms with Gasteiger partial charge in [0.15, 0.2) is 5.78 Å². The largest absolute Gasteiger partial charge is 0.395 e. The van der Waals surface area contributed by atoms with Gasteiger partial charge in [-0.1, -0.05) is 46.3 Å². The van der Waals surface area contributed by atoms with E-state index in [2.05, 4.69) is 15.9 Å². The minimum atomic E-state index is -4.45. The van der Waals surface area contributed by atoms with Crippen LogP contribution in [0.4, 0.5) is 13.2 Å². The highest BCUT2D eigenvalue weighted by atomic mass is 79.9. The smallest absolute Gasteiger partial charge is 0.298 e. The molecule has 1 unspecified atom stereocenters. The number of hydrogen-bond donors (Lipinski definition) is 0. The molecule has 0 aliphatic carbocycles. The molecule has 0 saturated carbocycles. The average Bonchev–Trinajstić information content (AvgIpc) is 2.15. The number of rotatable bonds is 3. The van der Waals surface area contributed by atoms with E-state index in [0.717, 1.165) is 0 Å². The van der Waals surface area contributed by atoms with Crippen LogP contribution in [0.1, 0.15) is 16.8 Å². The molecule has 0 amide bonds. The van der Waals surface area contributed by atoms with E-state index in [4.69, 9.17) is 0 Å². The molecule has 0 fully saturated rings. The van der Waals surface area contributed by atoms with Gasteiger partial charge in [0.05, 0.1) is 4.83 Å². The van der Waals surface area contributed by atoms with Crippen LogP contribution in [-0.4, -0.2) is 12.0 Å². The minimum absolute atomic E-state index is 0.534. The second-order valence-corrected chi connectivity index (χ2v) is 3.95. The van der Waals surface area contributed by atoms with E-state index < -0.39 is 23.2 Å². The molecule has 0 radical (unpaired) electrons. The minimum Gasteiger partial charge on any atom is -0.298 e. The van der Waals surface area contributed by atoms with Crippen LogP contribution in [0, 0.1) is 0 Å². The van der Waals surface area contributed by atoms with E-state index in [1.165, 1.54) is 0 Å². The Balaban J connectivity index is 2.70. The van der Waals surface area contributed by atoms with Crippen molar-refractivity contribution in [3.8, 4) is 0 Å². The van der Waals surface area contributed by atoms with Crippen molar-refractivity contribution >= 4 is 21.7 Å². The van der Waals surface area contributed by atoms with Gasteiger partial charge in [0.1, 0.15) is 6.42 Å². The lowest BCUT2D eigenvalue weighted by molar-refractivity contribution is -0.151. The van der Waals surface area contributed by atoms with Gasteiger partial charge in [-0.05, 0) is 5.56 Å². The summed E-state index contributed by atoms with van der Waals surface area (Å²) in [6.07, 6.45) is -5.85. The third-order valence-corrected chi connectivity index (χ3v) is 2.79. The standard InChI is InChI=1S/C10H8BrF3O/c11-9(7-4-2-1-3-5-7)8(15)6-10(12,13)14/h1-5,9H,6H2. The van der Waals surface area contributed by atoms with Crippen LogP contribution in [0.5, 0.6) is 0 Å². The SMILES string of the molecule is O=C(CC(F)(F)F)C(Br)c1ccccc1. The van der Waals surface area contributed by atoms with Crippen LogP contribution in [0.15, 0.2) is 30.3 Å². The Hall–Kier alpha value is -0.840.